The minimum atomic E-state index is -0.538. The van der Waals surface area contributed by atoms with Gasteiger partial charge in [-0.15, -0.1) is 0 Å². The summed E-state index contributed by atoms with van der Waals surface area (Å²) in [6.07, 6.45) is 0. The largest absolute Gasteiger partial charge is 0.493 e. The fraction of sp³-hybridized carbons (Fsp3) is 0.222. The number of halogens is 1. The maximum absolute atomic E-state index is 12.4. The van der Waals surface area contributed by atoms with Crippen molar-refractivity contribution in [3.8, 4) is 11.5 Å². The summed E-state index contributed by atoms with van der Waals surface area (Å²) in [5.74, 6) is -0.172. The third kappa shape index (κ3) is 4.58. The van der Waals surface area contributed by atoms with Crippen LogP contribution >= 0.6 is 15.9 Å². The Kier molecular flexibility index (Phi) is 6.37. The maximum Gasteiger partial charge on any atom is 0.347 e. The SMILES string of the molecule is CCOC(=O)c1ccc(OC(=O)c2cc(Br)ccc2OCC)cc1. The standard InChI is InChI=1S/C18H17BrO5/c1-3-22-16-10-7-13(19)11-15(16)18(21)24-14-8-5-12(6-9-14)17(20)23-4-2/h5-11H,3-4H2,1-2H3. The summed E-state index contributed by atoms with van der Waals surface area (Å²) >= 11 is 3.33. The van der Waals surface area contributed by atoms with Crippen molar-refractivity contribution < 1.29 is 23.8 Å². The van der Waals surface area contributed by atoms with Gasteiger partial charge in [0.15, 0.2) is 0 Å². The highest BCUT2D eigenvalue weighted by Crippen LogP contribution is 2.25. The van der Waals surface area contributed by atoms with Gasteiger partial charge in [0.2, 0.25) is 0 Å². The first kappa shape index (κ1) is 18.0. The smallest absolute Gasteiger partial charge is 0.347 e. The first-order valence-electron chi connectivity index (χ1n) is 7.46. The van der Waals surface area contributed by atoms with E-state index in [1.165, 1.54) is 0 Å². The second kappa shape index (κ2) is 8.49. The lowest BCUT2D eigenvalue weighted by molar-refractivity contribution is 0.0526. The average molecular weight is 393 g/mol. The van der Waals surface area contributed by atoms with Gasteiger partial charge in [0.05, 0.1) is 18.8 Å². The summed E-state index contributed by atoms with van der Waals surface area (Å²) in [6.45, 7) is 4.32. The van der Waals surface area contributed by atoms with Gasteiger partial charge in [0.1, 0.15) is 17.1 Å². The molecule has 0 unspecified atom stereocenters. The second-order valence-electron chi connectivity index (χ2n) is 4.71. The molecule has 2 aromatic rings. The van der Waals surface area contributed by atoms with Crippen molar-refractivity contribution >= 4 is 27.9 Å². The molecule has 126 valence electrons. The Bertz CT molecular complexity index is 725. The molecule has 0 aromatic heterocycles. The van der Waals surface area contributed by atoms with Crippen LogP contribution in [0.25, 0.3) is 0 Å². The Morgan fingerprint density at radius 2 is 1.67 bits per heavy atom. The Morgan fingerprint density at radius 1 is 0.958 bits per heavy atom. The van der Waals surface area contributed by atoms with Crippen LogP contribution < -0.4 is 9.47 Å². The minimum Gasteiger partial charge on any atom is -0.493 e. The van der Waals surface area contributed by atoms with E-state index in [0.717, 1.165) is 4.47 Å². The van der Waals surface area contributed by atoms with E-state index >= 15 is 0 Å². The first-order chi connectivity index (χ1) is 11.5. The summed E-state index contributed by atoms with van der Waals surface area (Å²) in [4.78, 5) is 24.0. The van der Waals surface area contributed by atoms with Gasteiger partial charge in [0.25, 0.3) is 0 Å². The van der Waals surface area contributed by atoms with Gasteiger partial charge >= 0.3 is 11.9 Å². The molecule has 0 atom stereocenters. The number of esters is 2. The molecular formula is C18H17BrO5. The van der Waals surface area contributed by atoms with Crippen LogP contribution in [0.15, 0.2) is 46.9 Å². The minimum absolute atomic E-state index is 0.304. The van der Waals surface area contributed by atoms with Gasteiger partial charge < -0.3 is 14.2 Å². The van der Waals surface area contributed by atoms with Crippen LogP contribution in [0.2, 0.25) is 0 Å². The molecular weight excluding hydrogens is 376 g/mol. The highest BCUT2D eigenvalue weighted by molar-refractivity contribution is 9.10. The van der Waals surface area contributed by atoms with Gasteiger partial charge in [0, 0.05) is 4.47 Å². The second-order valence-corrected chi connectivity index (χ2v) is 5.62. The van der Waals surface area contributed by atoms with E-state index in [1.54, 1.807) is 49.4 Å². The highest BCUT2D eigenvalue weighted by atomic mass is 79.9. The van der Waals surface area contributed by atoms with Gasteiger partial charge in [-0.2, -0.15) is 0 Å². The van der Waals surface area contributed by atoms with Crippen molar-refractivity contribution in [2.75, 3.05) is 13.2 Å². The molecule has 0 fully saturated rings. The highest BCUT2D eigenvalue weighted by Gasteiger charge is 2.16. The van der Waals surface area contributed by atoms with Crippen LogP contribution in [-0.2, 0) is 4.74 Å². The summed E-state index contributed by atoms with van der Waals surface area (Å²) in [5.41, 5.74) is 0.717. The van der Waals surface area contributed by atoms with Crippen LogP contribution in [0.3, 0.4) is 0 Å². The zero-order chi connectivity index (χ0) is 17.5. The quantitative estimate of drug-likeness (QED) is 0.543. The number of carbonyl (C=O) groups excluding carboxylic acids is 2. The number of carbonyl (C=O) groups is 2. The Labute approximate surface area is 148 Å². The molecule has 24 heavy (non-hydrogen) atoms. The molecule has 0 aliphatic rings. The zero-order valence-electron chi connectivity index (χ0n) is 13.4. The van der Waals surface area contributed by atoms with Gasteiger partial charge in [-0.3, -0.25) is 0 Å². The molecule has 0 aliphatic carbocycles. The van der Waals surface area contributed by atoms with Crippen LogP contribution in [0.1, 0.15) is 34.6 Å². The summed E-state index contributed by atoms with van der Waals surface area (Å²) in [7, 11) is 0. The molecule has 0 saturated heterocycles. The summed E-state index contributed by atoms with van der Waals surface area (Å²) in [6, 6.07) is 11.3. The van der Waals surface area contributed by atoms with Crippen LogP contribution in [-0.4, -0.2) is 25.2 Å². The van der Waals surface area contributed by atoms with Crippen molar-refractivity contribution in [2.24, 2.45) is 0 Å². The van der Waals surface area contributed by atoms with Gasteiger partial charge in [-0.05, 0) is 56.3 Å². The molecule has 2 aromatic carbocycles. The maximum atomic E-state index is 12.4. The molecule has 5 nitrogen and oxygen atoms in total. The normalized spacial score (nSPS) is 10.1. The van der Waals surface area contributed by atoms with Crippen molar-refractivity contribution in [1.29, 1.82) is 0 Å². The number of ether oxygens (including phenoxy) is 3. The number of benzene rings is 2. The zero-order valence-corrected chi connectivity index (χ0v) is 15.0. The molecule has 0 saturated carbocycles. The van der Waals surface area contributed by atoms with E-state index in [9.17, 15) is 9.59 Å². The predicted octanol–water partition coefficient (Wildman–Crippen LogP) is 4.24. The topological polar surface area (TPSA) is 61.8 Å². The third-order valence-electron chi connectivity index (χ3n) is 3.04. The first-order valence-corrected chi connectivity index (χ1v) is 8.26. The van der Waals surface area contributed by atoms with E-state index in [1.807, 2.05) is 6.92 Å². The fourth-order valence-corrected chi connectivity index (χ4v) is 2.34. The molecule has 0 bridgehead atoms. The molecule has 6 heteroatoms. The lowest BCUT2D eigenvalue weighted by Gasteiger charge is -2.10. The Hall–Kier alpha value is -2.34. The van der Waals surface area contributed by atoms with Crippen LogP contribution in [0.5, 0.6) is 11.5 Å². The van der Waals surface area contributed by atoms with Gasteiger partial charge in [-0.25, -0.2) is 9.59 Å². The molecule has 0 N–H and O–H groups in total. The van der Waals surface area contributed by atoms with Crippen molar-refractivity contribution in [3.63, 3.8) is 0 Å². The average Bonchev–Trinajstić information content (AvgIpc) is 2.57. The molecule has 0 amide bonds. The number of rotatable bonds is 6. The monoisotopic (exact) mass is 392 g/mol. The predicted molar refractivity (Wildman–Crippen MR) is 92.7 cm³/mol. The number of hydrogen-bond acceptors (Lipinski definition) is 5. The molecule has 2 rings (SSSR count). The lowest BCUT2D eigenvalue weighted by atomic mass is 10.2. The van der Waals surface area contributed by atoms with E-state index in [-0.39, 0.29) is 0 Å². The summed E-state index contributed by atoms with van der Waals surface area (Å²) in [5, 5.41) is 0. The fourth-order valence-electron chi connectivity index (χ4n) is 1.98. The van der Waals surface area contributed by atoms with Crippen LogP contribution in [0, 0.1) is 0 Å². The van der Waals surface area contributed by atoms with E-state index in [0.29, 0.717) is 35.8 Å². The van der Waals surface area contributed by atoms with E-state index in [4.69, 9.17) is 14.2 Å². The Morgan fingerprint density at radius 3 is 2.29 bits per heavy atom. The molecule has 0 aliphatic heterocycles. The molecule has 0 radical (unpaired) electrons. The van der Waals surface area contributed by atoms with Crippen molar-refractivity contribution in [1.82, 2.24) is 0 Å². The lowest BCUT2D eigenvalue weighted by Crippen LogP contribution is -2.11. The molecule has 0 heterocycles. The Balaban J connectivity index is 2.15. The van der Waals surface area contributed by atoms with E-state index in [2.05, 4.69) is 15.9 Å². The summed E-state index contributed by atoms with van der Waals surface area (Å²) < 4.78 is 16.4. The molecule has 0 spiro atoms. The van der Waals surface area contributed by atoms with Crippen molar-refractivity contribution in [3.05, 3.63) is 58.1 Å². The van der Waals surface area contributed by atoms with E-state index < -0.39 is 11.9 Å². The van der Waals surface area contributed by atoms with Gasteiger partial charge in [-0.1, -0.05) is 15.9 Å². The van der Waals surface area contributed by atoms with Crippen molar-refractivity contribution in [2.45, 2.75) is 13.8 Å². The third-order valence-corrected chi connectivity index (χ3v) is 3.53. The number of hydrogen-bond donors (Lipinski definition) is 0. The van der Waals surface area contributed by atoms with Crippen LogP contribution in [0.4, 0.5) is 0 Å².